The van der Waals surface area contributed by atoms with E-state index in [0.717, 1.165) is 6.07 Å². The monoisotopic (exact) mass is 417 g/mol. The van der Waals surface area contributed by atoms with E-state index in [1.165, 1.54) is 12.1 Å². The van der Waals surface area contributed by atoms with Gasteiger partial charge in [-0.2, -0.15) is 0 Å². The van der Waals surface area contributed by atoms with E-state index in [9.17, 15) is 22.4 Å². The van der Waals surface area contributed by atoms with Crippen LogP contribution >= 0.6 is 0 Å². The number of rotatable bonds is 6. The summed E-state index contributed by atoms with van der Waals surface area (Å²) >= 11 is 0. The third kappa shape index (κ3) is 4.11. The van der Waals surface area contributed by atoms with Gasteiger partial charge in [0.25, 0.3) is 5.92 Å². The van der Waals surface area contributed by atoms with Gasteiger partial charge in [0.15, 0.2) is 0 Å². The molecule has 1 aromatic rings. The average Bonchev–Trinajstić information content (AvgIpc) is 3.02. The fourth-order valence-corrected chi connectivity index (χ4v) is 4.02. The van der Waals surface area contributed by atoms with Gasteiger partial charge in [-0.05, 0) is 26.6 Å². The molecule has 0 bridgehead atoms. The Morgan fingerprint density at radius 3 is 2.52 bits per heavy atom. The molecule has 0 spiro atoms. The Morgan fingerprint density at radius 2 is 2.00 bits per heavy atom. The lowest BCUT2D eigenvalue weighted by molar-refractivity contribution is -0.133. The molecule has 29 heavy (non-hydrogen) atoms. The summed E-state index contributed by atoms with van der Waals surface area (Å²) in [5.74, 6) is -4.93. The van der Waals surface area contributed by atoms with Crippen molar-refractivity contribution in [2.24, 2.45) is 5.92 Å². The summed E-state index contributed by atoms with van der Waals surface area (Å²) in [7, 11) is 3.55. The Balaban J connectivity index is 1.95. The first-order valence-corrected chi connectivity index (χ1v) is 9.59. The van der Waals surface area contributed by atoms with Crippen LogP contribution < -0.4 is 16.1 Å². The number of hydrazine groups is 1. The fourth-order valence-electron chi connectivity index (χ4n) is 4.02. The Labute approximate surface area is 167 Å². The molecule has 5 unspecified atom stereocenters. The lowest BCUT2D eigenvalue weighted by Crippen LogP contribution is -2.68. The number of nitrogens with one attached hydrogen (secondary N) is 3. The summed E-state index contributed by atoms with van der Waals surface area (Å²) in [5.41, 5.74) is 2.79. The zero-order valence-corrected chi connectivity index (χ0v) is 16.8. The van der Waals surface area contributed by atoms with Crippen molar-refractivity contribution in [1.29, 1.82) is 0 Å². The zero-order chi connectivity index (χ0) is 21.5. The molecule has 0 aliphatic carbocycles. The van der Waals surface area contributed by atoms with Crippen LogP contribution in [0.15, 0.2) is 18.2 Å². The first kappa shape index (κ1) is 21.9. The van der Waals surface area contributed by atoms with Crippen molar-refractivity contribution in [2.75, 3.05) is 20.8 Å². The molecule has 2 aliphatic heterocycles. The van der Waals surface area contributed by atoms with Gasteiger partial charge < -0.3 is 5.32 Å². The molecule has 2 aliphatic rings. The molecular weight excluding hydrogens is 390 g/mol. The van der Waals surface area contributed by atoms with Crippen LogP contribution in [-0.2, 0) is 10.7 Å². The molecule has 2 fully saturated rings. The van der Waals surface area contributed by atoms with Crippen molar-refractivity contribution >= 4 is 5.91 Å². The maximum absolute atomic E-state index is 14.8. The van der Waals surface area contributed by atoms with Crippen molar-refractivity contribution in [3.8, 4) is 0 Å². The molecule has 3 N–H and O–H groups in total. The zero-order valence-electron chi connectivity index (χ0n) is 16.8. The van der Waals surface area contributed by atoms with Gasteiger partial charge in [-0.3, -0.25) is 15.0 Å². The number of hydrogen-bond donors (Lipinski definition) is 3. The number of carbonyl (C=O) groups is 1. The third-order valence-corrected chi connectivity index (χ3v) is 5.57. The molecule has 3 rings (SSSR count). The summed E-state index contributed by atoms with van der Waals surface area (Å²) in [6.45, 7) is 1.75. The van der Waals surface area contributed by atoms with Crippen LogP contribution in [0.1, 0.15) is 37.4 Å². The maximum atomic E-state index is 14.8. The van der Waals surface area contributed by atoms with Gasteiger partial charge in [0.2, 0.25) is 5.91 Å². The molecule has 1 aromatic carbocycles. The van der Waals surface area contributed by atoms with Gasteiger partial charge in [-0.15, -0.1) is 0 Å². The van der Waals surface area contributed by atoms with E-state index in [-0.39, 0.29) is 11.5 Å². The standard InChI is InChI=1S/C19H27F4N5O/c1-5-14(11-7-6-10(8-12(11)21)19(2,22)23)28-16-15(13(9-20)26-28)17(29)25-18(24-16)27(3)4/h6-8,13-16,18,24,26H,5,9H2,1-4H3,(H,25,29). The summed E-state index contributed by atoms with van der Waals surface area (Å²) in [6.07, 6.45) is -0.646. The number of benzene rings is 1. The van der Waals surface area contributed by atoms with Gasteiger partial charge in [-0.1, -0.05) is 19.1 Å². The molecule has 2 heterocycles. The van der Waals surface area contributed by atoms with E-state index in [1.54, 1.807) is 24.0 Å². The average molecular weight is 417 g/mol. The largest absolute Gasteiger partial charge is 0.327 e. The van der Waals surface area contributed by atoms with Crippen molar-refractivity contribution < 1.29 is 22.4 Å². The molecule has 6 nitrogen and oxygen atoms in total. The fraction of sp³-hybridized carbons (Fsp3) is 0.632. The molecule has 0 saturated carbocycles. The number of nitrogens with zero attached hydrogens (tertiary/aromatic N) is 2. The normalized spacial score (nSPS) is 29.1. The van der Waals surface area contributed by atoms with Gasteiger partial charge >= 0.3 is 0 Å². The second-order valence-electron chi connectivity index (χ2n) is 7.86. The number of alkyl halides is 3. The highest BCUT2D eigenvalue weighted by Crippen LogP contribution is 2.36. The molecule has 0 radical (unpaired) electrons. The molecular formula is C19H27F4N5O. The SMILES string of the molecule is CCC(c1ccc(C(C)(F)F)cc1F)N1NC(CF)C2C(=O)NC(N(C)C)NC21. The molecule has 1 amide bonds. The quantitative estimate of drug-likeness (QED) is 0.619. The smallest absolute Gasteiger partial charge is 0.270 e. The lowest BCUT2D eigenvalue weighted by atomic mass is 9.94. The van der Waals surface area contributed by atoms with Gasteiger partial charge in [0, 0.05) is 18.1 Å². The second-order valence-corrected chi connectivity index (χ2v) is 7.86. The maximum Gasteiger partial charge on any atom is 0.270 e. The van der Waals surface area contributed by atoms with Crippen LogP contribution in [0.2, 0.25) is 0 Å². The molecule has 162 valence electrons. The molecule has 0 aromatic heterocycles. The van der Waals surface area contributed by atoms with Crippen molar-refractivity contribution in [1.82, 2.24) is 26.0 Å². The highest BCUT2D eigenvalue weighted by Gasteiger charge is 2.52. The molecule has 10 heteroatoms. The number of carbonyl (C=O) groups excluding carboxylic acids is 1. The van der Waals surface area contributed by atoms with Crippen molar-refractivity contribution in [2.45, 2.75) is 50.7 Å². The number of amides is 1. The number of halogens is 4. The summed E-state index contributed by atoms with van der Waals surface area (Å²) in [4.78, 5) is 14.4. The van der Waals surface area contributed by atoms with E-state index in [2.05, 4.69) is 16.1 Å². The van der Waals surface area contributed by atoms with E-state index < -0.39 is 54.4 Å². The van der Waals surface area contributed by atoms with E-state index >= 15 is 0 Å². The minimum absolute atomic E-state index is 0.209. The second kappa shape index (κ2) is 8.17. The Morgan fingerprint density at radius 1 is 1.31 bits per heavy atom. The first-order valence-electron chi connectivity index (χ1n) is 9.59. The van der Waals surface area contributed by atoms with Crippen LogP contribution in [0, 0.1) is 11.7 Å². The Bertz CT molecular complexity index is 757. The van der Waals surface area contributed by atoms with Gasteiger partial charge in [0.1, 0.15) is 18.8 Å². The van der Waals surface area contributed by atoms with Crippen LogP contribution in [-0.4, -0.2) is 55.1 Å². The molecule has 5 atom stereocenters. The topological polar surface area (TPSA) is 59.6 Å². The van der Waals surface area contributed by atoms with Crippen LogP contribution in [0.5, 0.6) is 0 Å². The predicted octanol–water partition coefficient (Wildman–Crippen LogP) is 2.05. The summed E-state index contributed by atoms with van der Waals surface area (Å²) in [5, 5.41) is 7.68. The van der Waals surface area contributed by atoms with Crippen LogP contribution in [0.4, 0.5) is 17.6 Å². The molecule has 2 saturated heterocycles. The Hall–Kier alpha value is -1.75. The van der Waals surface area contributed by atoms with Crippen LogP contribution in [0.3, 0.4) is 0 Å². The summed E-state index contributed by atoms with van der Waals surface area (Å²) < 4.78 is 55.5. The predicted molar refractivity (Wildman–Crippen MR) is 99.8 cm³/mol. The summed E-state index contributed by atoms with van der Waals surface area (Å²) in [6, 6.07) is 2.01. The Kier molecular flexibility index (Phi) is 6.19. The van der Waals surface area contributed by atoms with Crippen LogP contribution in [0.25, 0.3) is 0 Å². The minimum atomic E-state index is -3.15. The van der Waals surface area contributed by atoms with Gasteiger partial charge in [-0.25, -0.2) is 28.0 Å². The lowest BCUT2D eigenvalue weighted by Gasteiger charge is -2.41. The minimum Gasteiger partial charge on any atom is -0.327 e. The van der Waals surface area contributed by atoms with Crippen molar-refractivity contribution in [3.05, 3.63) is 35.1 Å². The highest BCUT2D eigenvalue weighted by atomic mass is 19.3. The van der Waals surface area contributed by atoms with Crippen molar-refractivity contribution in [3.63, 3.8) is 0 Å². The van der Waals surface area contributed by atoms with E-state index in [1.807, 2.05) is 6.92 Å². The van der Waals surface area contributed by atoms with E-state index in [4.69, 9.17) is 0 Å². The number of hydrogen-bond acceptors (Lipinski definition) is 5. The van der Waals surface area contributed by atoms with E-state index in [0.29, 0.717) is 13.3 Å². The third-order valence-electron chi connectivity index (χ3n) is 5.57. The van der Waals surface area contributed by atoms with Gasteiger partial charge in [0.05, 0.1) is 24.2 Å². The first-order chi connectivity index (χ1) is 13.6. The number of fused-ring (bicyclic) bond motifs is 1. The highest BCUT2D eigenvalue weighted by molar-refractivity contribution is 5.81.